The Morgan fingerprint density at radius 3 is 2.53 bits per heavy atom. The quantitative estimate of drug-likeness (QED) is 0.558. The number of carbonyl (C=O) groups is 3. The Bertz CT molecular complexity index is 1100. The van der Waals surface area contributed by atoms with Crippen LogP contribution in [0.2, 0.25) is 0 Å². The molecule has 8 nitrogen and oxygen atoms in total. The second kappa shape index (κ2) is 9.04. The van der Waals surface area contributed by atoms with Gasteiger partial charge in [-0.2, -0.15) is 0 Å². The molecule has 3 aromatic rings. The highest BCUT2D eigenvalue weighted by atomic mass is 16.4. The average Bonchev–Trinajstić information content (AvgIpc) is 3.10. The largest absolute Gasteiger partial charge is 0.480 e. The van der Waals surface area contributed by atoms with Crippen LogP contribution in [0, 0.1) is 6.92 Å². The van der Waals surface area contributed by atoms with Crippen molar-refractivity contribution in [3.8, 4) is 11.1 Å². The molecule has 0 aliphatic rings. The lowest BCUT2D eigenvalue weighted by Gasteiger charge is -2.14. The predicted octanol–water partition coefficient (Wildman–Crippen LogP) is 2.39. The molecule has 0 saturated heterocycles. The number of aryl methyl sites for hydroxylation is 2. The van der Waals surface area contributed by atoms with Crippen LogP contribution >= 0.6 is 0 Å². The number of hydrogen-bond acceptors (Lipinski definition) is 4. The molecule has 8 heteroatoms. The van der Waals surface area contributed by atoms with Crippen LogP contribution in [0.15, 0.2) is 55.0 Å². The maximum Gasteiger partial charge on any atom is 0.322 e. The second-order valence-electron chi connectivity index (χ2n) is 6.91. The van der Waals surface area contributed by atoms with Gasteiger partial charge < -0.3 is 20.3 Å². The minimum absolute atomic E-state index is 0.126. The van der Waals surface area contributed by atoms with E-state index in [1.165, 1.54) is 0 Å². The molecule has 2 amide bonds. The van der Waals surface area contributed by atoms with Gasteiger partial charge in [0.25, 0.3) is 5.91 Å². The fourth-order valence-electron chi connectivity index (χ4n) is 3.10. The van der Waals surface area contributed by atoms with Crippen LogP contribution in [0.4, 0.5) is 5.69 Å². The summed E-state index contributed by atoms with van der Waals surface area (Å²) >= 11 is 0. The number of benzene rings is 2. The van der Waals surface area contributed by atoms with Crippen LogP contribution in [0.25, 0.3) is 11.1 Å². The summed E-state index contributed by atoms with van der Waals surface area (Å²) in [6.45, 7) is 1.44. The van der Waals surface area contributed by atoms with Gasteiger partial charge in [0, 0.05) is 24.5 Å². The summed E-state index contributed by atoms with van der Waals surface area (Å²) in [5, 5.41) is 14.1. The standard InChI is InChI=1S/C22H22N4O4/c1-14-5-3-4-6-17(14)19-9-15(7-8-18(19)22(30)23-11-21(28)29)25-20(27)10-16-12-26(2)13-24-16/h3-9,12-13H,10-11H2,1-2H3,(H,23,30)(H,25,27)(H,28,29). The van der Waals surface area contributed by atoms with Gasteiger partial charge >= 0.3 is 5.97 Å². The van der Waals surface area contributed by atoms with Crippen molar-refractivity contribution in [1.82, 2.24) is 14.9 Å². The van der Waals surface area contributed by atoms with E-state index in [9.17, 15) is 14.4 Å². The van der Waals surface area contributed by atoms with Crippen molar-refractivity contribution in [2.24, 2.45) is 7.05 Å². The van der Waals surface area contributed by atoms with Gasteiger partial charge in [-0.1, -0.05) is 24.3 Å². The Morgan fingerprint density at radius 1 is 1.10 bits per heavy atom. The third-order valence-electron chi connectivity index (χ3n) is 4.48. The highest BCUT2D eigenvalue weighted by molar-refractivity contribution is 6.03. The van der Waals surface area contributed by atoms with Gasteiger partial charge in [-0.15, -0.1) is 0 Å². The molecule has 2 aromatic carbocycles. The lowest BCUT2D eigenvalue weighted by Crippen LogP contribution is -2.29. The molecule has 0 bridgehead atoms. The first-order valence-electron chi connectivity index (χ1n) is 9.30. The summed E-state index contributed by atoms with van der Waals surface area (Å²) in [4.78, 5) is 39.9. The van der Waals surface area contributed by atoms with E-state index < -0.39 is 18.4 Å². The Labute approximate surface area is 173 Å². The van der Waals surface area contributed by atoms with Crippen molar-refractivity contribution in [2.75, 3.05) is 11.9 Å². The minimum Gasteiger partial charge on any atom is -0.480 e. The van der Waals surface area contributed by atoms with E-state index in [1.807, 2.05) is 38.2 Å². The van der Waals surface area contributed by atoms with Crippen LogP contribution in [0.1, 0.15) is 21.6 Å². The number of aliphatic carboxylic acids is 1. The van der Waals surface area contributed by atoms with Crippen LogP contribution in [-0.4, -0.2) is 39.0 Å². The fourth-order valence-corrected chi connectivity index (χ4v) is 3.10. The number of hydrogen-bond donors (Lipinski definition) is 3. The smallest absolute Gasteiger partial charge is 0.322 e. The van der Waals surface area contributed by atoms with E-state index in [0.717, 1.165) is 11.1 Å². The van der Waals surface area contributed by atoms with Crippen LogP contribution < -0.4 is 10.6 Å². The summed E-state index contributed by atoms with van der Waals surface area (Å²) in [6.07, 6.45) is 3.53. The number of nitrogens with one attached hydrogen (secondary N) is 2. The van der Waals surface area contributed by atoms with Crippen molar-refractivity contribution in [2.45, 2.75) is 13.3 Å². The number of nitrogens with zero attached hydrogens (tertiary/aromatic N) is 2. The zero-order valence-corrected chi connectivity index (χ0v) is 16.7. The summed E-state index contributed by atoms with van der Waals surface area (Å²) in [6, 6.07) is 12.4. The molecule has 0 unspecified atom stereocenters. The zero-order chi connectivity index (χ0) is 21.7. The summed E-state index contributed by atoms with van der Waals surface area (Å²) < 4.78 is 1.77. The van der Waals surface area contributed by atoms with Crippen molar-refractivity contribution in [3.63, 3.8) is 0 Å². The SMILES string of the molecule is Cc1ccccc1-c1cc(NC(=O)Cc2cn(C)cn2)ccc1C(=O)NCC(=O)O. The average molecular weight is 406 g/mol. The van der Waals surface area contributed by atoms with Crippen molar-refractivity contribution in [3.05, 3.63) is 71.8 Å². The highest BCUT2D eigenvalue weighted by Crippen LogP contribution is 2.29. The van der Waals surface area contributed by atoms with Gasteiger partial charge in [-0.25, -0.2) is 4.98 Å². The second-order valence-corrected chi connectivity index (χ2v) is 6.91. The molecule has 1 heterocycles. The van der Waals surface area contributed by atoms with E-state index >= 15 is 0 Å². The molecule has 0 saturated carbocycles. The molecule has 0 radical (unpaired) electrons. The van der Waals surface area contributed by atoms with Gasteiger partial charge in [0.1, 0.15) is 6.54 Å². The zero-order valence-electron chi connectivity index (χ0n) is 16.7. The Hall–Kier alpha value is -3.94. The van der Waals surface area contributed by atoms with Crippen molar-refractivity contribution < 1.29 is 19.5 Å². The van der Waals surface area contributed by atoms with Crippen molar-refractivity contribution in [1.29, 1.82) is 0 Å². The molecular weight excluding hydrogens is 384 g/mol. The number of rotatable bonds is 7. The third kappa shape index (κ3) is 5.11. The molecule has 1 aromatic heterocycles. The number of anilines is 1. The van der Waals surface area contributed by atoms with E-state index in [1.54, 1.807) is 35.3 Å². The van der Waals surface area contributed by atoms with E-state index in [2.05, 4.69) is 15.6 Å². The Morgan fingerprint density at radius 2 is 1.87 bits per heavy atom. The van der Waals surface area contributed by atoms with E-state index in [-0.39, 0.29) is 12.3 Å². The lowest BCUT2D eigenvalue weighted by molar-refractivity contribution is -0.135. The molecular formula is C22H22N4O4. The van der Waals surface area contributed by atoms with Gasteiger partial charge in [0.15, 0.2) is 0 Å². The van der Waals surface area contributed by atoms with Gasteiger partial charge in [-0.3, -0.25) is 14.4 Å². The first-order chi connectivity index (χ1) is 14.3. The van der Waals surface area contributed by atoms with E-state index in [0.29, 0.717) is 22.5 Å². The topological polar surface area (TPSA) is 113 Å². The molecule has 0 aliphatic heterocycles. The molecule has 0 fully saturated rings. The number of carbonyl (C=O) groups excluding carboxylic acids is 2. The molecule has 154 valence electrons. The highest BCUT2D eigenvalue weighted by Gasteiger charge is 2.16. The lowest BCUT2D eigenvalue weighted by atomic mass is 9.95. The number of amides is 2. The predicted molar refractivity (Wildman–Crippen MR) is 112 cm³/mol. The fraction of sp³-hybridized carbons (Fsp3) is 0.182. The number of carboxylic acid groups (broad SMARTS) is 1. The van der Waals surface area contributed by atoms with Crippen LogP contribution in [0.5, 0.6) is 0 Å². The van der Waals surface area contributed by atoms with Gasteiger partial charge in [-0.05, 0) is 41.8 Å². The van der Waals surface area contributed by atoms with E-state index in [4.69, 9.17) is 5.11 Å². The van der Waals surface area contributed by atoms with Gasteiger partial charge in [0.2, 0.25) is 5.91 Å². The minimum atomic E-state index is -1.13. The molecule has 3 N–H and O–H groups in total. The van der Waals surface area contributed by atoms with Gasteiger partial charge in [0.05, 0.1) is 18.4 Å². The number of aromatic nitrogens is 2. The van der Waals surface area contributed by atoms with Crippen LogP contribution in [0.3, 0.4) is 0 Å². The first-order valence-corrected chi connectivity index (χ1v) is 9.30. The van der Waals surface area contributed by atoms with Crippen LogP contribution in [-0.2, 0) is 23.1 Å². The molecule has 0 spiro atoms. The third-order valence-corrected chi connectivity index (χ3v) is 4.48. The Balaban J connectivity index is 1.90. The monoisotopic (exact) mass is 406 g/mol. The molecule has 30 heavy (non-hydrogen) atoms. The first kappa shape index (κ1) is 20.8. The molecule has 3 rings (SSSR count). The maximum atomic E-state index is 12.6. The van der Waals surface area contributed by atoms with Crippen molar-refractivity contribution >= 4 is 23.5 Å². The number of carboxylic acids is 1. The normalized spacial score (nSPS) is 10.5. The summed E-state index contributed by atoms with van der Waals surface area (Å²) in [5.74, 6) is -1.85. The Kier molecular flexibility index (Phi) is 6.26. The summed E-state index contributed by atoms with van der Waals surface area (Å²) in [5.41, 5.74) is 3.88. The summed E-state index contributed by atoms with van der Waals surface area (Å²) in [7, 11) is 1.83. The number of imidazole rings is 1. The molecule has 0 aliphatic carbocycles. The maximum absolute atomic E-state index is 12.6. The molecule has 0 atom stereocenters.